The van der Waals surface area contributed by atoms with Crippen LogP contribution in [-0.2, 0) is 27.1 Å². The second kappa shape index (κ2) is 7.35. The quantitative estimate of drug-likeness (QED) is 0.868. The molecule has 1 amide bonds. The van der Waals surface area contributed by atoms with E-state index in [-0.39, 0.29) is 5.91 Å². The van der Waals surface area contributed by atoms with E-state index in [1.807, 2.05) is 31.2 Å². The fourth-order valence-corrected chi connectivity index (χ4v) is 5.22. The molecular formula is C20H25N3O2S. The van der Waals surface area contributed by atoms with E-state index in [2.05, 4.69) is 10.4 Å². The number of hydrogen-bond donors (Lipinski definition) is 1. The van der Waals surface area contributed by atoms with Gasteiger partial charge in [0.25, 0.3) is 0 Å². The Morgan fingerprint density at radius 3 is 2.69 bits per heavy atom. The van der Waals surface area contributed by atoms with Crippen LogP contribution in [0.1, 0.15) is 55.3 Å². The number of hydrogen-bond acceptors (Lipinski definition) is 3. The summed E-state index contributed by atoms with van der Waals surface area (Å²) in [7, 11) is -0.914. The van der Waals surface area contributed by atoms with E-state index in [0.29, 0.717) is 29.7 Å². The largest absolute Gasteiger partial charge is 0.310 e. The van der Waals surface area contributed by atoms with E-state index in [1.54, 1.807) is 4.68 Å². The van der Waals surface area contributed by atoms with E-state index >= 15 is 0 Å². The lowest BCUT2D eigenvalue weighted by Crippen LogP contribution is -2.17. The molecule has 5 nitrogen and oxygen atoms in total. The lowest BCUT2D eigenvalue weighted by molar-refractivity contribution is -0.116. The van der Waals surface area contributed by atoms with Crippen LogP contribution in [0.15, 0.2) is 24.3 Å². The van der Waals surface area contributed by atoms with Crippen LogP contribution in [0.25, 0.3) is 5.69 Å². The average Bonchev–Trinajstić information content (AvgIpc) is 3.32. The van der Waals surface area contributed by atoms with Crippen molar-refractivity contribution in [2.75, 3.05) is 5.32 Å². The molecule has 1 fully saturated rings. The highest BCUT2D eigenvalue weighted by Gasteiger charge is 2.28. The van der Waals surface area contributed by atoms with Crippen molar-refractivity contribution in [1.82, 2.24) is 9.78 Å². The lowest BCUT2D eigenvalue weighted by atomic mass is 10.0. The molecule has 1 aliphatic carbocycles. The number of nitrogens with zero attached hydrogens (tertiary/aromatic N) is 2. The number of anilines is 1. The molecule has 0 radical (unpaired) electrons. The minimum atomic E-state index is -0.914. The topological polar surface area (TPSA) is 64.0 Å². The number of carbonyl (C=O) groups excluding carboxylic acids is 1. The van der Waals surface area contributed by atoms with Gasteiger partial charge in [0.15, 0.2) is 0 Å². The maximum atomic E-state index is 12.6. The predicted molar refractivity (Wildman–Crippen MR) is 104 cm³/mol. The third-order valence-corrected chi connectivity index (χ3v) is 6.67. The SMILES string of the molecule is Cc1ccc(-n2nc3c(c2NC(=O)CCC2CCCC2)C[S@@](=O)C3)cc1. The standard InChI is InChI=1S/C20H25N3O2S/c1-14-6-9-16(10-7-14)23-20(17-12-26(25)13-18(17)22-23)21-19(24)11-8-15-4-2-3-5-15/h6-7,9-10,15H,2-5,8,11-13H2,1H3,(H,21,24)/t26-/m1/s1. The number of aryl methyl sites for hydroxylation is 1. The first-order valence-electron chi connectivity index (χ1n) is 9.43. The summed E-state index contributed by atoms with van der Waals surface area (Å²) in [4.78, 5) is 12.6. The summed E-state index contributed by atoms with van der Waals surface area (Å²) in [5.41, 5.74) is 3.87. The van der Waals surface area contributed by atoms with Crippen LogP contribution in [-0.4, -0.2) is 19.9 Å². The zero-order valence-electron chi connectivity index (χ0n) is 15.2. The van der Waals surface area contributed by atoms with Crippen LogP contribution in [0, 0.1) is 12.8 Å². The molecule has 1 aliphatic heterocycles. The van der Waals surface area contributed by atoms with Gasteiger partial charge in [-0.3, -0.25) is 9.00 Å². The second-order valence-electron chi connectivity index (χ2n) is 7.49. The van der Waals surface area contributed by atoms with Crippen molar-refractivity contribution in [3.05, 3.63) is 41.1 Å². The highest BCUT2D eigenvalue weighted by atomic mass is 32.2. The number of aromatic nitrogens is 2. The molecular weight excluding hydrogens is 346 g/mol. The Labute approximate surface area is 156 Å². The molecule has 0 saturated heterocycles. The summed E-state index contributed by atoms with van der Waals surface area (Å²) in [5, 5.41) is 7.72. The van der Waals surface area contributed by atoms with E-state index in [0.717, 1.165) is 23.4 Å². The first-order valence-corrected chi connectivity index (χ1v) is 10.9. The van der Waals surface area contributed by atoms with E-state index < -0.39 is 10.8 Å². The molecule has 2 aromatic rings. The molecule has 0 spiro atoms. The number of nitrogens with one attached hydrogen (secondary N) is 1. The van der Waals surface area contributed by atoms with Gasteiger partial charge in [0.05, 0.1) is 22.9 Å². The van der Waals surface area contributed by atoms with Crippen LogP contribution in [0.2, 0.25) is 0 Å². The Morgan fingerprint density at radius 2 is 1.96 bits per heavy atom. The van der Waals surface area contributed by atoms with Gasteiger partial charge < -0.3 is 5.32 Å². The van der Waals surface area contributed by atoms with Gasteiger partial charge in [0, 0.05) is 22.8 Å². The highest BCUT2D eigenvalue weighted by molar-refractivity contribution is 7.83. The van der Waals surface area contributed by atoms with Crippen LogP contribution in [0.4, 0.5) is 5.82 Å². The van der Waals surface area contributed by atoms with Crippen molar-refractivity contribution in [1.29, 1.82) is 0 Å². The van der Waals surface area contributed by atoms with Crippen molar-refractivity contribution in [2.45, 2.75) is 57.0 Å². The van der Waals surface area contributed by atoms with E-state index in [4.69, 9.17) is 0 Å². The average molecular weight is 372 g/mol. The Balaban J connectivity index is 1.56. The molecule has 2 heterocycles. The first kappa shape index (κ1) is 17.5. The molecule has 1 saturated carbocycles. The first-order chi connectivity index (χ1) is 12.6. The van der Waals surface area contributed by atoms with Gasteiger partial charge in [-0.15, -0.1) is 0 Å². The molecule has 0 bridgehead atoms. The second-order valence-corrected chi connectivity index (χ2v) is 8.94. The van der Waals surface area contributed by atoms with Crippen molar-refractivity contribution in [3.63, 3.8) is 0 Å². The van der Waals surface area contributed by atoms with Crippen LogP contribution < -0.4 is 5.32 Å². The molecule has 1 N–H and O–H groups in total. The molecule has 26 heavy (non-hydrogen) atoms. The van der Waals surface area contributed by atoms with Crippen LogP contribution >= 0.6 is 0 Å². The number of carbonyl (C=O) groups is 1. The monoisotopic (exact) mass is 371 g/mol. The molecule has 1 aromatic carbocycles. The third-order valence-electron chi connectivity index (χ3n) is 5.46. The molecule has 138 valence electrons. The Morgan fingerprint density at radius 1 is 1.23 bits per heavy atom. The summed E-state index contributed by atoms with van der Waals surface area (Å²) in [6, 6.07) is 8.07. The van der Waals surface area contributed by atoms with Gasteiger partial charge in [-0.2, -0.15) is 5.10 Å². The molecule has 1 atom stereocenters. The third kappa shape index (κ3) is 3.61. The number of rotatable bonds is 5. The normalized spacial score (nSPS) is 19.7. The summed E-state index contributed by atoms with van der Waals surface area (Å²) in [6.45, 7) is 2.04. The van der Waals surface area contributed by atoms with Crippen molar-refractivity contribution >= 4 is 22.5 Å². The summed E-state index contributed by atoms with van der Waals surface area (Å²) < 4.78 is 13.7. The number of fused-ring (bicyclic) bond motifs is 1. The minimum Gasteiger partial charge on any atom is -0.310 e. The lowest BCUT2D eigenvalue weighted by Gasteiger charge is -2.12. The minimum absolute atomic E-state index is 0.0330. The maximum absolute atomic E-state index is 12.6. The summed E-state index contributed by atoms with van der Waals surface area (Å²) >= 11 is 0. The number of benzene rings is 1. The predicted octanol–water partition coefficient (Wildman–Crippen LogP) is 3.85. The van der Waals surface area contributed by atoms with E-state index in [1.165, 1.54) is 31.2 Å². The Bertz CT molecular complexity index is 835. The Kier molecular flexibility index (Phi) is 4.94. The highest BCUT2D eigenvalue weighted by Crippen LogP contribution is 2.32. The zero-order chi connectivity index (χ0) is 18.1. The van der Waals surface area contributed by atoms with Crippen molar-refractivity contribution < 1.29 is 9.00 Å². The van der Waals surface area contributed by atoms with Crippen LogP contribution in [0.3, 0.4) is 0 Å². The maximum Gasteiger partial charge on any atom is 0.225 e. The number of amides is 1. The van der Waals surface area contributed by atoms with Gasteiger partial charge in [0.2, 0.25) is 5.91 Å². The Hall–Kier alpha value is -1.95. The van der Waals surface area contributed by atoms with E-state index in [9.17, 15) is 9.00 Å². The van der Waals surface area contributed by atoms with Gasteiger partial charge >= 0.3 is 0 Å². The fraction of sp³-hybridized carbons (Fsp3) is 0.500. The smallest absolute Gasteiger partial charge is 0.225 e. The zero-order valence-corrected chi connectivity index (χ0v) is 16.0. The molecule has 0 unspecified atom stereocenters. The van der Waals surface area contributed by atoms with Crippen molar-refractivity contribution in [2.24, 2.45) is 5.92 Å². The van der Waals surface area contributed by atoms with Gasteiger partial charge in [-0.05, 0) is 31.4 Å². The van der Waals surface area contributed by atoms with Crippen molar-refractivity contribution in [3.8, 4) is 5.69 Å². The van der Waals surface area contributed by atoms with Gasteiger partial charge in [0.1, 0.15) is 5.82 Å². The molecule has 2 aliphatic rings. The summed E-state index contributed by atoms with van der Waals surface area (Å²) in [6.07, 6.45) is 6.60. The van der Waals surface area contributed by atoms with Crippen LogP contribution in [0.5, 0.6) is 0 Å². The molecule has 6 heteroatoms. The molecule has 1 aromatic heterocycles. The van der Waals surface area contributed by atoms with Gasteiger partial charge in [-0.1, -0.05) is 43.4 Å². The summed E-state index contributed by atoms with van der Waals surface area (Å²) in [5.74, 6) is 2.37. The fourth-order valence-electron chi connectivity index (χ4n) is 3.96. The van der Waals surface area contributed by atoms with Gasteiger partial charge in [-0.25, -0.2) is 4.68 Å². The molecule has 4 rings (SSSR count).